The van der Waals surface area contributed by atoms with E-state index < -0.39 is 0 Å². The third kappa shape index (κ3) is 1.96. The van der Waals surface area contributed by atoms with Gasteiger partial charge in [0.2, 0.25) is 0 Å². The Labute approximate surface area is 71.4 Å². The summed E-state index contributed by atoms with van der Waals surface area (Å²) < 4.78 is 0. The van der Waals surface area contributed by atoms with Crippen LogP contribution in [0.3, 0.4) is 0 Å². The molecule has 0 fully saturated rings. The van der Waals surface area contributed by atoms with Gasteiger partial charge in [0.1, 0.15) is 0 Å². The van der Waals surface area contributed by atoms with Gasteiger partial charge in [0.15, 0.2) is 0 Å². The molecular formula is C10H23N. The fourth-order valence-corrected chi connectivity index (χ4v) is 1.61. The Morgan fingerprint density at radius 1 is 1.18 bits per heavy atom. The summed E-state index contributed by atoms with van der Waals surface area (Å²) in [5.41, 5.74) is 6.31. The van der Waals surface area contributed by atoms with Crippen LogP contribution in [0.1, 0.15) is 48.0 Å². The summed E-state index contributed by atoms with van der Waals surface area (Å²) in [7, 11) is 0. The van der Waals surface area contributed by atoms with Crippen LogP contribution < -0.4 is 5.73 Å². The van der Waals surface area contributed by atoms with Gasteiger partial charge in [-0.15, -0.1) is 0 Å². The zero-order valence-corrected chi connectivity index (χ0v) is 8.86. The molecule has 0 radical (unpaired) electrons. The fraction of sp³-hybridized carbons (Fsp3) is 1.00. The standard InChI is InChI=1S/C10H23N/c1-7-10(6,8(2)3)9(4,5)11/h8H,7,11H2,1-6H3. The largest absolute Gasteiger partial charge is 0.325 e. The van der Waals surface area contributed by atoms with Crippen molar-refractivity contribution in [1.82, 2.24) is 0 Å². The van der Waals surface area contributed by atoms with Crippen molar-refractivity contribution in [3.8, 4) is 0 Å². The van der Waals surface area contributed by atoms with Crippen molar-refractivity contribution >= 4 is 0 Å². The number of hydrogen-bond donors (Lipinski definition) is 1. The second-order valence-electron chi connectivity index (χ2n) is 4.65. The monoisotopic (exact) mass is 157 g/mol. The van der Waals surface area contributed by atoms with Crippen molar-refractivity contribution in [3.05, 3.63) is 0 Å². The summed E-state index contributed by atoms with van der Waals surface area (Å²) >= 11 is 0. The molecule has 0 aliphatic carbocycles. The van der Waals surface area contributed by atoms with E-state index in [1.165, 1.54) is 0 Å². The molecule has 0 amide bonds. The molecule has 0 aromatic heterocycles. The van der Waals surface area contributed by atoms with Gasteiger partial charge in [-0.3, -0.25) is 0 Å². The Kier molecular flexibility index (Phi) is 3.13. The van der Waals surface area contributed by atoms with E-state index in [-0.39, 0.29) is 11.0 Å². The highest BCUT2D eigenvalue weighted by Crippen LogP contribution is 2.39. The van der Waals surface area contributed by atoms with Crippen LogP contribution in [0.15, 0.2) is 0 Å². The molecule has 0 bridgehead atoms. The summed E-state index contributed by atoms with van der Waals surface area (Å²) in [6, 6.07) is 0. The third-order valence-corrected chi connectivity index (χ3v) is 3.48. The molecule has 0 heterocycles. The highest BCUT2D eigenvalue weighted by atomic mass is 14.8. The van der Waals surface area contributed by atoms with E-state index in [4.69, 9.17) is 5.73 Å². The zero-order chi connectivity index (χ0) is 9.28. The van der Waals surface area contributed by atoms with E-state index in [0.29, 0.717) is 5.92 Å². The molecule has 1 heteroatoms. The number of rotatable bonds is 3. The first-order chi connectivity index (χ1) is 4.75. The Balaban J connectivity index is 4.61. The van der Waals surface area contributed by atoms with Crippen LogP contribution in [0.5, 0.6) is 0 Å². The molecule has 0 saturated heterocycles. The van der Waals surface area contributed by atoms with Crippen LogP contribution in [0.4, 0.5) is 0 Å². The Morgan fingerprint density at radius 3 is 1.55 bits per heavy atom. The van der Waals surface area contributed by atoms with Gasteiger partial charge in [-0.2, -0.15) is 0 Å². The van der Waals surface area contributed by atoms with Crippen molar-refractivity contribution in [1.29, 1.82) is 0 Å². The van der Waals surface area contributed by atoms with Crippen LogP contribution in [-0.4, -0.2) is 5.54 Å². The predicted molar refractivity (Wildman–Crippen MR) is 51.5 cm³/mol. The molecule has 0 aliphatic rings. The Hall–Kier alpha value is -0.0400. The fourth-order valence-electron chi connectivity index (χ4n) is 1.61. The lowest BCUT2D eigenvalue weighted by Gasteiger charge is -2.44. The van der Waals surface area contributed by atoms with E-state index in [9.17, 15) is 0 Å². The van der Waals surface area contributed by atoms with E-state index >= 15 is 0 Å². The van der Waals surface area contributed by atoms with E-state index in [0.717, 1.165) is 6.42 Å². The minimum atomic E-state index is -0.0735. The van der Waals surface area contributed by atoms with Gasteiger partial charge in [-0.05, 0) is 31.6 Å². The van der Waals surface area contributed by atoms with Gasteiger partial charge in [0.25, 0.3) is 0 Å². The lowest BCUT2D eigenvalue weighted by atomic mass is 9.65. The first-order valence-corrected chi connectivity index (χ1v) is 4.54. The maximum atomic E-state index is 6.13. The van der Waals surface area contributed by atoms with E-state index in [1.807, 2.05) is 0 Å². The van der Waals surface area contributed by atoms with Gasteiger partial charge < -0.3 is 5.73 Å². The average molecular weight is 157 g/mol. The van der Waals surface area contributed by atoms with Gasteiger partial charge >= 0.3 is 0 Å². The van der Waals surface area contributed by atoms with Gasteiger partial charge in [-0.1, -0.05) is 27.7 Å². The number of nitrogens with two attached hydrogens (primary N) is 1. The summed E-state index contributed by atoms with van der Waals surface area (Å²) in [5, 5.41) is 0. The second-order valence-corrected chi connectivity index (χ2v) is 4.65. The molecule has 68 valence electrons. The van der Waals surface area contributed by atoms with Crippen molar-refractivity contribution in [2.24, 2.45) is 17.1 Å². The van der Waals surface area contributed by atoms with Crippen LogP contribution in [-0.2, 0) is 0 Å². The number of hydrogen-bond acceptors (Lipinski definition) is 1. The molecule has 0 aliphatic heterocycles. The van der Waals surface area contributed by atoms with Crippen molar-refractivity contribution in [2.45, 2.75) is 53.5 Å². The molecule has 1 atom stereocenters. The van der Waals surface area contributed by atoms with Crippen molar-refractivity contribution in [2.75, 3.05) is 0 Å². The SMILES string of the molecule is CCC(C)(C(C)C)C(C)(C)N. The predicted octanol–water partition coefficient (Wildman–Crippen LogP) is 2.80. The summed E-state index contributed by atoms with van der Waals surface area (Å²) in [6.45, 7) is 13.2. The van der Waals surface area contributed by atoms with Crippen molar-refractivity contribution < 1.29 is 0 Å². The topological polar surface area (TPSA) is 26.0 Å². The first-order valence-electron chi connectivity index (χ1n) is 4.54. The highest BCUT2D eigenvalue weighted by Gasteiger charge is 2.38. The minimum Gasteiger partial charge on any atom is -0.325 e. The molecule has 0 rings (SSSR count). The molecule has 0 aromatic rings. The van der Waals surface area contributed by atoms with E-state index in [1.54, 1.807) is 0 Å². The molecule has 1 nitrogen and oxygen atoms in total. The molecule has 1 unspecified atom stereocenters. The second kappa shape index (κ2) is 3.14. The van der Waals surface area contributed by atoms with Crippen LogP contribution in [0, 0.1) is 11.3 Å². The van der Waals surface area contributed by atoms with Gasteiger partial charge in [0, 0.05) is 5.54 Å². The van der Waals surface area contributed by atoms with Crippen molar-refractivity contribution in [3.63, 3.8) is 0 Å². The molecule has 0 saturated carbocycles. The van der Waals surface area contributed by atoms with Crippen LogP contribution >= 0.6 is 0 Å². The molecule has 0 aromatic carbocycles. The maximum absolute atomic E-state index is 6.13. The van der Waals surface area contributed by atoms with Crippen LogP contribution in [0.25, 0.3) is 0 Å². The first kappa shape index (κ1) is 11.0. The molecule has 0 spiro atoms. The minimum absolute atomic E-state index is 0.0735. The average Bonchev–Trinajstić information content (AvgIpc) is 1.83. The Bertz CT molecular complexity index is 121. The van der Waals surface area contributed by atoms with E-state index in [2.05, 4.69) is 41.5 Å². The zero-order valence-electron chi connectivity index (χ0n) is 8.86. The van der Waals surface area contributed by atoms with Gasteiger partial charge in [-0.25, -0.2) is 0 Å². The van der Waals surface area contributed by atoms with Gasteiger partial charge in [0.05, 0.1) is 0 Å². The molecular weight excluding hydrogens is 134 g/mol. The summed E-state index contributed by atoms with van der Waals surface area (Å²) in [6.07, 6.45) is 1.15. The highest BCUT2D eigenvalue weighted by molar-refractivity contribution is 4.94. The Morgan fingerprint density at radius 2 is 1.55 bits per heavy atom. The maximum Gasteiger partial charge on any atom is 0.0153 e. The summed E-state index contributed by atoms with van der Waals surface area (Å²) in [4.78, 5) is 0. The lowest BCUT2D eigenvalue weighted by molar-refractivity contribution is 0.101. The molecule has 11 heavy (non-hydrogen) atoms. The smallest absolute Gasteiger partial charge is 0.0153 e. The molecule has 2 N–H and O–H groups in total. The lowest BCUT2D eigenvalue weighted by Crippen LogP contribution is -2.51. The summed E-state index contributed by atoms with van der Waals surface area (Å²) in [5.74, 6) is 0.646. The third-order valence-electron chi connectivity index (χ3n) is 3.48. The normalized spacial score (nSPS) is 18.5. The quantitative estimate of drug-likeness (QED) is 0.670. The van der Waals surface area contributed by atoms with Crippen LogP contribution in [0.2, 0.25) is 0 Å².